The van der Waals surface area contributed by atoms with Crippen molar-refractivity contribution >= 4 is 56.5 Å². The molecule has 4 nitrogen and oxygen atoms in total. The van der Waals surface area contributed by atoms with Crippen molar-refractivity contribution in [3.63, 3.8) is 0 Å². The fourth-order valence-corrected chi connectivity index (χ4v) is 3.62. The van der Waals surface area contributed by atoms with Crippen molar-refractivity contribution < 1.29 is 14.3 Å². The Morgan fingerprint density at radius 2 is 1.68 bits per heavy atom. The van der Waals surface area contributed by atoms with Crippen molar-refractivity contribution in [1.82, 2.24) is 0 Å². The third-order valence-corrected chi connectivity index (χ3v) is 4.96. The molecule has 0 fully saturated rings. The summed E-state index contributed by atoms with van der Waals surface area (Å²) in [6, 6.07) is 16.8. The second-order valence-corrected chi connectivity index (χ2v) is 7.57. The van der Waals surface area contributed by atoms with Crippen LogP contribution in [0.5, 0.6) is 5.75 Å². The van der Waals surface area contributed by atoms with Gasteiger partial charge in [0.2, 0.25) is 0 Å². The lowest BCUT2D eigenvalue weighted by Crippen LogP contribution is -2.16. The molecule has 0 spiro atoms. The van der Waals surface area contributed by atoms with Gasteiger partial charge in [-0.25, -0.2) is 0 Å². The predicted octanol–water partition coefficient (Wildman–Crippen LogP) is 6.25. The Labute approximate surface area is 180 Å². The molecule has 28 heavy (non-hydrogen) atoms. The quantitative estimate of drug-likeness (QED) is 0.441. The van der Waals surface area contributed by atoms with E-state index in [9.17, 15) is 9.59 Å². The molecule has 3 rings (SSSR count). The van der Waals surface area contributed by atoms with Gasteiger partial charge < -0.3 is 10.1 Å². The van der Waals surface area contributed by atoms with Crippen LogP contribution in [0.15, 0.2) is 65.1 Å². The van der Waals surface area contributed by atoms with Crippen LogP contribution in [-0.4, -0.2) is 18.8 Å². The molecular weight excluding hydrogens is 465 g/mol. The van der Waals surface area contributed by atoms with Crippen LogP contribution in [0, 0.1) is 0 Å². The van der Waals surface area contributed by atoms with E-state index in [1.54, 1.807) is 42.5 Å². The maximum Gasteiger partial charge on any atom is 0.259 e. The summed E-state index contributed by atoms with van der Waals surface area (Å²) in [6.07, 6.45) is 0. The van der Waals surface area contributed by atoms with Crippen molar-refractivity contribution in [1.29, 1.82) is 0 Å². The summed E-state index contributed by atoms with van der Waals surface area (Å²) >= 11 is 15.5. The Balaban J connectivity index is 2.00. The number of carbonyl (C=O) groups excluding carboxylic acids is 2. The zero-order valence-electron chi connectivity index (χ0n) is 14.6. The highest BCUT2D eigenvalue weighted by molar-refractivity contribution is 9.10. The van der Waals surface area contributed by atoms with E-state index in [0.29, 0.717) is 26.3 Å². The molecule has 0 aromatic heterocycles. The first kappa shape index (κ1) is 20.4. The fraction of sp³-hybridized carbons (Fsp3) is 0.0476. The molecule has 3 aromatic rings. The van der Waals surface area contributed by atoms with Gasteiger partial charge in [-0.3, -0.25) is 9.59 Å². The van der Waals surface area contributed by atoms with Crippen molar-refractivity contribution in [2.24, 2.45) is 0 Å². The number of benzene rings is 3. The summed E-state index contributed by atoms with van der Waals surface area (Å²) in [5.74, 6) is -0.504. The highest BCUT2D eigenvalue weighted by Gasteiger charge is 2.20. The lowest BCUT2D eigenvalue weighted by Gasteiger charge is -2.14. The average Bonchev–Trinajstić information content (AvgIpc) is 2.68. The molecule has 3 aromatic carbocycles. The van der Waals surface area contributed by atoms with Gasteiger partial charge in [-0.05, 0) is 30.3 Å². The van der Waals surface area contributed by atoms with E-state index in [0.717, 1.165) is 0 Å². The number of ketones is 1. The minimum absolute atomic E-state index is 0.168. The van der Waals surface area contributed by atoms with Crippen LogP contribution in [0.2, 0.25) is 10.0 Å². The summed E-state index contributed by atoms with van der Waals surface area (Å²) in [7, 11) is 1.41. The minimum atomic E-state index is -0.495. The third-order valence-electron chi connectivity index (χ3n) is 3.97. The first-order valence-electron chi connectivity index (χ1n) is 8.14. The summed E-state index contributed by atoms with van der Waals surface area (Å²) in [5.41, 5.74) is 1.39. The predicted molar refractivity (Wildman–Crippen MR) is 115 cm³/mol. The fourth-order valence-electron chi connectivity index (χ4n) is 2.68. The maximum atomic E-state index is 12.9. The molecular formula is C21H14BrCl2NO3. The SMILES string of the molecule is COc1c(Cl)cc(Cl)cc1C(=O)Nc1ccc(Br)cc1C(=O)c1ccccc1. The van der Waals surface area contributed by atoms with E-state index in [-0.39, 0.29) is 22.1 Å². The standard InChI is InChI=1S/C21H14BrCl2NO3/c1-28-20-16(10-14(23)11-17(20)24)21(27)25-18-8-7-13(22)9-15(18)19(26)12-5-3-2-4-6-12/h2-11H,1H3,(H,25,27). The number of carbonyl (C=O) groups is 2. The third kappa shape index (κ3) is 4.38. The molecule has 1 N–H and O–H groups in total. The normalized spacial score (nSPS) is 10.4. The molecule has 0 saturated carbocycles. The van der Waals surface area contributed by atoms with Gasteiger partial charge in [0, 0.05) is 20.6 Å². The molecule has 0 unspecified atom stereocenters. The number of rotatable bonds is 5. The van der Waals surface area contributed by atoms with Crippen LogP contribution >= 0.6 is 39.1 Å². The summed E-state index contributed by atoms with van der Waals surface area (Å²) < 4.78 is 5.95. The van der Waals surface area contributed by atoms with Crippen LogP contribution in [-0.2, 0) is 0 Å². The number of hydrogen-bond acceptors (Lipinski definition) is 3. The van der Waals surface area contributed by atoms with Crippen LogP contribution in [0.3, 0.4) is 0 Å². The summed E-state index contributed by atoms with van der Waals surface area (Å²) in [6.45, 7) is 0. The molecule has 0 radical (unpaired) electrons. The molecule has 0 aliphatic carbocycles. The molecule has 0 heterocycles. The Kier molecular flexibility index (Phi) is 6.39. The van der Waals surface area contributed by atoms with Crippen LogP contribution < -0.4 is 10.1 Å². The van der Waals surface area contributed by atoms with Gasteiger partial charge >= 0.3 is 0 Å². The molecule has 0 aliphatic heterocycles. The zero-order chi connectivity index (χ0) is 20.3. The van der Waals surface area contributed by atoms with Crippen molar-refractivity contribution in [3.05, 3.63) is 91.9 Å². The van der Waals surface area contributed by atoms with Crippen LogP contribution in [0.25, 0.3) is 0 Å². The Morgan fingerprint density at radius 1 is 0.964 bits per heavy atom. The van der Waals surface area contributed by atoms with E-state index in [1.807, 2.05) is 6.07 Å². The summed E-state index contributed by atoms with van der Waals surface area (Å²) in [4.78, 5) is 25.8. The van der Waals surface area contributed by atoms with Gasteiger partial charge in [0.15, 0.2) is 5.78 Å². The van der Waals surface area contributed by atoms with E-state index < -0.39 is 5.91 Å². The number of amides is 1. The zero-order valence-corrected chi connectivity index (χ0v) is 17.7. The number of ether oxygens (including phenoxy) is 1. The van der Waals surface area contributed by atoms with Crippen molar-refractivity contribution in [2.45, 2.75) is 0 Å². The Bertz CT molecular complexity index is 1060. The highest BCUT2D eigenvalue weighted by Crippen LogP contribution is 2.33. The monoisotopic (exact) mass is 477 g/mol. The van der Waals surface area contributed by atoms with E-state index >= 15 is 0 Å². The first-order chi connectivity index (χ1) is 13.4. The highest BCUT2D eigenvalue weighted by atomic mass is 79.9. The van der Waals surface area contributed by atoms with E-state index in [4.69, 9.17) is 27.9 Å². The number of nitrogens with one attached hydrogen (secondary N) is 1. The van der Waals surface area contributed by atoms with Crippen LogP contribution in [0.1, 0.15) is 26.3 Å². The largest absolute Gasteiger partial charge is 0.494 e. The molecule has 142 valence electrons. The van der Waals surface area contributed by atoms with Crippen LogP contribution in [0.4, 0.5) is 5.69 Å². The summed E-state index contributed by atoms with van der Waals surface area (Å²) in [5, 5.41) is 3.27. The van der Waals surface area contributed by atoms with Crippen molar-refractivity contribution in [2.75, 3.05) is 12.4 Å². The lowest BCUT2D eigenvalue weighted by atomic mass is 10.0. The van der Waals surface area contributed by atoms with Gasteiger partial charge in [-0.15, -0.1) is 0 Å². The maximum absolute atomic E-state index is 12.9. The van der Waals surface area contributed by atoms with E-state index in [1.165, 1.54) is 19.2 Å². The van der Waals surface area contributed by atoms with Gasteiger partial charge in [-0.1, -0.05) is 69.5 Å². The van der Waals surface area contributed by atoms with Gasteiger partial charge in [0.1, 0.15) is 5.75 Å². The second-order valence-electron chi connectivity index (χ2n) is 5.81. The lowest BCUT2D eigenvalue weighted by molar-refractivity contribution is 0.102. The minimum Gasteiger partial charge on any atom is -0.494 e. The Morgan fingerprint density at radius 3 is 2.36 bits per heavy atom. The molecule has 1 amide bonds. The smallest absolute Gasteiger partial charge is 0.259 e. The molecule has 0 bridgehead atoms. The first-order valence-corrected chi connectivity index (χ1v) is 9.69. The Hall–Kier alpha value is -2.34. The van der Waals surface area contributed by atoms with Gasteiger partial charge in [0.25, 0.3) is 5.91 Å². The molecule has 0 aliphatic rings. The number of halogens is 3. The average molecular weight is 479 g/mol. The van der Waals surface area contributed by atoms with E-state index in [2.05, 4.69) is 21.2 Å². The van der Waals surface area contributed by atoms with Gasteiger partial charge in [0.05, 0.1) is 23.4 Å². The van der Waals surface area contributed by atoms with Gasteiger partial charge in [-0.2, -0.15) is 0 Å². The topological polar surface area (TPSA) is 55.4 Å². The number of hydrogen-bond donors (Lipinski definition) is 1. The molecule has 0 atom stereocenters. The molecule has 7 heteroatoms. The number of methoxy groups -OCH3 is 1. The second kappa shape index (κ2) is 8.78. The van der Waals surface area contributed by atoms with Crippen molar-refractivity contribution in [3.8, 4) is 5.75 Å². The molecule has 0 saturated heterocycles. The number of anilines is 1.